The van der Waals surface area contributed by atoms with Crippen LogP contribution in [0, 0.1) is 19.4 Å². The van der Waals surface area contributed by atoms with Gasteiger partial charge >= 0.3 is 23.1 Å². The van der Waals surface area contributed by atoms with Crippen molar-refractivity contribution in [2.75, 3.05) is 0 Å². The Hall–Kier alpha value is 0.0662. The summed E-state index contributed by atoms with van der Waals surface area (Å²) in [4.78, 5) is 0. The minimum absolute atomic E-state index is 0. The molecule has 0 fully saturated rings. The second kappa shape index (κ2) is 8710. The van der Waals surface area contributed by atoms with E-state index in [4.69, 9.17) is 6.42 Å². The van der Waals surface area contributed by atoms with Crippen LogP contribution in [-0.2, 0) is 0 Å². The predicted molar refractivity (Wildman–Crippen MR) is 23.9 cm³/mol. The molecule has 0 aliphatic rings. The van der Waals surface area contributed by atoms with Gasteiger partial charge in [0.05, 0.1) is 0 Å². The maximum Gasteiger partial charge on any atom is 2.00 e. The van der Waals surface area contributed by atoms with E-state index in [-0.39, 0.29) is 23.1 Å². The summed E-state index contributed by atoms with van der Waals surface area (Å²) in [6, 6.07) is 0. The van der Waals surface area contributed by atoms with Gasteiger partial charge in [-0.2, -0.15) is 0 Å². The molecule has 0 saturated heterocycles. The van der Waals surface area contributed by atoms with Crippen molar-refractivity contribution in [2.24, 2.45) is 0 Å². The third-order valence-corrected chi connectivity index (χ3v) is 0. The fourth-order valence-electron chi connectivity index (χ4n) is 0. The largest absolute Gasteiger partial charge is 2.00 e. The van der Waals surface area contributed by atoms with Crippen molar-refractivity contribution in [2.45, 2.75) is 0 Å². The van der Waals surface area contributed by atoms with Crippen LogP contribution in [0.5, 0.6) is 0 Å². The summed E-state index contributed by atoms with van der Waals surface area (Å²) in [5.41, 5.74) is 0. The summed E-state index contributed by atoms with van der Waals surface area (Å²) in [5, 5.41) is 0. The Morgan fingerprint density at radius 1 is 1.40 bits per heavy atom. The molecule has 0 atom stereocenters. The van der Waals surface area contributed by atoms with Crippen LogP contribution >= 0.6 is 0 Å². The van der Waals surface area contributed by atoms with Crippen LogP contribution in [0.2, 0.25) is 0 Å². The molecule has 1 heteroatoms. The van der Waals surface area contributed by atoms with E-state index in [1.165, 1.54) is 0 Å². The average molecular weight is 76.4 g/mol. The van der Waals surface area contributed by atoms with Gasteiger partial charge in [-0.3, -0.25) is 6.58 Å². The minimum atomic E-state index is 0. The first-order chi connectivity index (χ1) is 2.00. The van der Waals surface area contributed by atoms with Gasteiger partial charge in [0.25, 0.3) is 0 Å². The van der Waals surface area contributed by atoms with Gasteiger partial charge in [0, 0.05) is 0 Å². The molecule has 0 unspecified atom stereocenters. The molecule has 0 aromatic carbocycles. The molecular weight excluding hydrogens is 72.3 g/mol. The molecule has 0 aromatic rings. The number of rotatable bonds is 0. The van der Waals surface area contributed by atoms with Crippen molar-refractivity contribution in [1.82, 2.24) is 0 Å². The predicted octanol–water partition coefficient (Wildman–Crippen LogP) is 0.431. The van der Waals surface area contributed by atoms with Gasteiger partial charge in [-0.05, 0) is 0 Å². The summed E-state index contributed by atoms with van der Waals surface area (Å²) < 4.78 is 0. The zero-order chi connectivity index (χ0) is 4.00. The maximum absolute atomic E-state index is 5.25. The van der Waals surface area contributed by atoms with E-state index in [0.29, 0.717) is 0 Å². The second-order valence-corrected chi connectivity index (χ2v) is 0. The zero-order valence-corrected chi connectivity index (χ0v) is 4.48. The van der Waals surface area contributed by atoms with E-state index in [0.717, 1.165) is 0 Å². The molecule has 0 aromatic heterocycles. The van der Waals surface area contributed by atoms with Crippen LogP contribution < -0.4 is 0 Å². The van der Waals surface area contributed by atoms with E-state index >= 15 is 0 Å². The average Bonchev–Trinajstić information content (AvgIpc) is 1.50. The molecule has 0 nitrogen and oxygen atoms in total. The Morgan fingerprint density at radius 2 is 1.40 bits per heavy atom. The molecular formula is C4H4Mg. The zero-order valence-electron chi connectivity index (χ0n) is 3.07. The SMILES string of the molecule is [C-]#C.[CH-]=C.[Mg+2]. The summed E-state index contributed by atoms with van der Waals surface area (Å²) in [5.74, 6) is 0. The Bertz CT molecular complexity index is 14.9. The Kier molecular flexibility index (Phi) is 34200. The molecule has 0 spiro atoms. The Balaban J connectivity index is -0.0000000133. The van der Waals surface area contributed by atoms with Crippen molar-refractivity contribution in [1.29, 1.82) is 0 Å². The van der Waals surface area contributed by atoms with E-state index in [1.54, 1.807) is 0 Å². The normalized spacial score (nSPS) is 1.20. The van der Waals surface area contributed by atoms with E-state index in [2.05, 4.69) is 19.6 Å². The number of hydrogen-bond acceptors (Lipinski definition) is 0. The van der Waals surface area contributed by atoms with Gasteiger partial charge in [-0.25, -0.2) is 0 Å². The maximum atomic E-state index is 5.25. The van der Waals surface area contributed by atoms with Gasteiger partial charge in [0.2, 0.25) is 0 Å². The van der Waals surface area contributed by atoms with Gasteiger partial charge < -0.3 is 19.4 Å². The standard InChI is InChI=1S/C2H3.C2H.Mg/c2*1-2;/h1H,2H2;1H;/q2*-1;+2. The van der Waals surface area contributed by atoms with Crippen molar-refractivity contribution in [3.63, 3.8) is 0 Å². The summed E-state index contributed by atoms with van der Waals surface area (Å²) in [6.07, 6.45) is 9.00. The van der Waals surface area contributed by atoms with Crippen molar-refractivity contribution in [3.05, 3.63) is 19.6 Å². The fraction of sp³-hybridized carbons (Fsp3) is 0. The topological polar surface area (TPSA) is 0 Å². The number of terminal acetylenes is 1. The third kappa shape index (κ3) is 3960. The van der Waals surface area contributed by atoms with Crippen LogP contribution in [0.15, 0.2) is 6.58 Å². The Labute approximate surface area is 49.4 Å². The molecule has 0 aliphatic heterocycles. The van der Waals surface area contributed by atoms with E-state index < -0.39 is 0 Å². The number of hydrogen-bond donors (Lipinski definition) is 0. The molecule has 0 radical (unpaired) electrons. The van der Waals surface area contributed by atoms with Crippen LogP contribution in [0.3, 0.4) is 0 Å². The first kappa shape index (κ1) is 19.6. The minimum Gasteiger partial charge on any atom is -0.697 e. The van der Waals surface area contributed by atoms with Crippen LogP contribution in [0.1, 0.15) is 0 Å². The van der Waals surface area contributed by atoms with Gasteiger partial charge in [-0.15, -0.1) is 0 Å². The first-order valence-electron chi connectivity index (χ1n) is 0.697. The molecule has 0 N–H and O–H groups in total. The monoisotopic (exact) mass is 76.0 g/mol. The molecule has 0 saturated carbocycles. The van der Waals surface area contributed by atoms with Gasteiger partial charge in [0.1, 0.15) is 0 Å². The molecule has 22 valence electrons. The molecule has 5 heavy (non-hydrogen) atoms. The summed E-state index contributed by atoms with van der Waals surface area (Å²) in [6.45, 7) is 7.00. The van der Waals surface area contributed by atoms with E-state index in [9.17, 15) is 0 Å². The van der Waals surface area contributed by atoms with E-state index in [1.807, 2.05) is 0 Å². The van der Waals surface area contributed by atoms with Crippen molar-refractivity contribution < 1.29 is 0 Å². The molecule has 0 heterocycles. The smallest absolute Gasteiger partial charge is 0.697 e. The summed E-state index contributed by atoms with van der Waals surface area (Å²) >= 11 is 0. The first-order valence-corrected chi connectivity index (χ1v) is 0.697. The van der Waals surface area contributed by atoms with Crippen molar-refractivity contribution in [3.8, 4) is 6.42 Å². The van der Waals surface area contributed by atoms with Crippen LogP contribution in [0.25, 0.3) is 0 Å². The third-order valence-electron chi connectivity index (χ3n) is 0. The molecule has 0 amide bonds. The van der Waals surface area contributed by atoms with Crippen LogP contribution in [-0.4, -0.2) is 23.1 Å². The second-order valence-electron chi connectivity index (χ2n) is 0. The van der Waals surface area contributed by atoms with Crippen molar-refractivity contribution >= 4 is 23.1 Å². The summed E-state index contributed by atoms with van der Waals surface area (Å²) in [7, 11) is 0. The Morgan fingerprint density at radius 3 is 1.40 bits per heavy atom. The van der Waals surface area contributed by atoms with Gasteiger partial charge in [-0.1, -0.05) is 0 Å². The molecule has 0 rings (SSSR count). The fourth-order valence-corrected chi connectivity index (χ4v) is 0. The van der Waals surface area contributed by atoms with Gasteiger partial charge in [0.15, 0.2) is 0 Å². The quantitative estimate of drug-likeness (QED) is 0.223. The van der Waals surface area contributed by atoms with Crippen LogP contribution in [0.4, 0.5) is 0 Å². The molecule has 0 aliphatic carbocycles. The molecule has 0 bridgehead atoms.